The lowest BCUT2D eigenvalue weighted by Gasteiger charge is -2.46. The Labute approximate surface area is 134 Å². The summed E-state index contributed by atoms with van der Waals surface area (Å²) in [6.45, 7) is 0.797. The van der Waals surface area contributed by atoms with Gasteiger partial charge in [-0.25, -0.2) is 4.67 Å². The standard InChI is InChI=1S/C13H18Cl2N3O2P/c1-16-12-6-4-3-5-11(12)13(19)17(2)21(16,20)18(9-7-14)10-8-15/h3-6H,7-10H2,1-2H3. The number of amides is 1. The van der Waals surface area contributed by atoms with E-state index in [1.54, 1.807) is 41.6 Å². The molecule has 0 saturated heterocycles. The summed E-state index contributed by atoms with van der Waals surface area (Å²) in [4.78, 5) is 12.5. The molecule has 8 heteroatoms. The normalized spacial score (nSPS) is 21.9. The van der Waals surface area contributed by atoms with Gasteiger partial charge in [0.05, 0.1) is 11.3 Å². The SMILES string of the molecule is CN1C(=O)c2ccccc2N(C)P1(=O)N(CCCl)CCCl. The van der Waals surface area contributed by atoms with Gasteiger partial charge in [0.25, 0.3) is 5.91 Å². The number of hydrogen-bond donors (Lipinski definition) is 0. The molecule has 0 radical (unpaired) electrons. The van der Waals surface area contributed by atoms with E-state index in [0.29, 0.717) is 36.1 Å². The molecule has 1 amide bonds. The highest BCUT2D eigenvalue weighted by atomic mass is 35.5. The predicted molar refractivity (Wildman–Crippen MR) is 87.6 cm³/mol. The van der Waals surface area contributed by atoms with Crippen LogP contribution in [0, 0.1) is 0 Å². The molecular weight excluding hydrogens is 332 g/mol. The quantitative estimate of drug-likeness (QED) is 0.605. The summed E-state index contributed by atoms with van der Waals surface area (Å²) < 4.78 is 18.3. The third-order valence-electron chi connectivity index (χ3n) is 3.61. The Bertz CT molecular complexity index is 578. The van der Waals surface area contributed by atoms with Gasteiger partial charge >= 0.3 is 7.59 Å². The average molecular weight is 350 g/mol. The highest BCUT2D eigenvalue weighted by molar-refractivity contribution is 7.61. The Hall–Kier alpha value is -0.740. The van der Waals surface area contributed by atoms with Crippen LogP contribution in [0.15, 0.2) is 24.3 Å². The lowest BCUT2D eigenvalue weighted by atomic mass is 10.1. The number of fused-ring (bicyclic) bond motifs is 1. The molecule has 0 bridgehead atoms. The highest BCUT2D eigenvalue weighted by Gasteiger charge is 2.46. The van der Waals surface area contributed by atoms with Crippen LogP contribution in [-0.4, -0.2) is 54.2 Å². The number of halogens is 2. The number of para-hydroxylation sites is 1. The summed E-state index contributed by atoms with van der Waals surface area (Å²) in [6, 6.07) is 7.16. The molecule has 2 rings (SSSR count). The van der Waals surface area contributed by atoms with Crippen molar-refractivity contribution in [1.29, 1.82) is 0 Å². The second-order valence-corrected chi connectivity index (χ2v) is 8.26. The number of anilines is 1. The van der Waals surface area contributed by atoms with Crippen LogP contribution < -0.4 is 4.67 Å². The number of hydrogen-bond acceptors (Lipinski definition) is 2. The molecule has 1 aliphatic heterocycles. The lowest BCUT2D eigenvalue weighted by Crippen LogP contribution is -2.45. The summed E-state index contributed by atoms with van der Waals surface area (Å²) in [6.07, 6.45) is 0. The van der Waals surface area contributed by atoms with Crippen LogP contribution >= 0.6 is 30.8 Å². The Morgan fingerprint density at radius 2 is 1.67 bits per heavy atom. The second-order valence-electron chi connectivity index (χ2n) is 4.71. The Balaban J connectivity index is 2.53. The molecule has 1 aliphatic rings. The molecule has 0 aliphatic carbocycles. The van der Waals surface area contributed by atoms with E-state index in [-0.39, 0.29) is 5.91 Å². The van der Waals surface area contributed by atoms with Crippen molar-refractivity contribution in [3.05, 3.63) is 29.8 Å². The van der Waals surface area contributed by atoms with Gasteiger partial charge in [0.1, 0.15) is 0 Å². The van der Waals surface area contributed by atoms with Crippen molar-refractivity contribution in [2.24, 2.45) is 0 Å². The highest BCUT2D eigenvalue weighted by Crippen LogP contribution is 2.60. The number of alkyl halides is 2. The maximum absolute atomic E-state index is 13.6. The van der Waals surface area contributed by atoms with E-state index < -0.39 is 7.59 Å². The minimum Gasteiger partial charge on any atom is -0.297 e. The fourth-order valence-electron chi connectivity index (χ4n) is 2.52. The van der Waals surface area contributed by atoms with Gasteiger partial charge in [0, 0.05) is 38.9 Å². The molecule has 116 valence electrons. The van der Waals surface area contributed by atoms with Crippen LogP contribution in [0.2, 0.25) is 0 Å². The summed E-state index contributed by atoms with van der Waals surface area (Å²) in [7, 11) is 0.0491. The van der Waals surface area contributed by atoms with E-state index in [1.165, 1.54) is 4.67 Å². The first kappa shape index (κ1) is 16.6. The first-order chi connectivity index (χ1) is 9.98. The van der Waals surface area contributed by atoms with Crippen molar-refractivity contribution in [2.75, 3.05) is 43.6 Å². The van der Waals surface area contributed by atoms with Crippen molar-refractivity contribution in [3.8, 4) is 0 Å². The third-order valence-corrected chi connectivity index (χ3v) is 7.05. The molecule has 0 N–H and O–H groups in total. The van der Waals surface area contributed by atoms with Gasteiger partial charge < -0.3 is 0 Å². The molecule has 0 fully saturated rings. The average Bonchev–Trinajstić information content (AvgIpc) is 2.50. The number of nitrogens with zero attached hydrogens (tertiary/aromatic N) is 3. The molecule has 0 spiro atoms. The minimum absolute atomic E-state index is 0.249. The van der Waals surface area contributed by atoms with E-state index in [1.807, 2.05) is 6.07 Å². The summed E-state index contributed by atoms with van der Waals surface area (Å²) in [5.74, 6) is 0.387. The maximum Gasteiger partial charge on any atom is 0.337 e. The van der Waals surface area contributed by atoms with Crippen molar-refractivity contribution in [3.63, 3.8) is 0 Å². The first-order valence-corrected chi connectivity index (χ1v) is 9.21. The van der Waals surface area contributed by atoms with Crippen molar-refractivity contribution < 1.29 is 9.36 Å². The fraction of sp³-hybridized carbons (Fsp3) is 0.462. The number of benzene rings is 1. The largest absolute Gasteiger partial charge is 0.337 e. The molecule has 1 unspecified atom stereocenters. The van der Waals surface area contributed by atoms with Gasteiger partial charge in [-0.3, -0.25) is 18.7 Å². The monoisotopic (exact) mass is 349 g/mol. The van der Waals surface area contributed by atoms with Gasteiger partial charge in [-0.2, -0.15) is 0 Å². The van der Waals surface area contributed by atoms with Crippen LogP contribution in [0.25, 0.3) is 0 Å². The number of carbonyl (C=O) groups is 1. The van der Waals surface area contributed by atoms with E-state index in [4.69, 9.17) is 23.2 Å². The molecule has 0 saturated carbocycles. The zero-order chi connectivity index (χ0) is 15.6. The zero-order valence-corrected chi connectivity index (χ0v) is 14.4. The van der Waals surface area contributed by atoms with E-state index >= 15 is 0 Å². The van der Waals surface area contributed by atoms with Crippen LogP contribution in [-0.2, 0) is 4.57 Å². The lowest BCUT2D eigenvalue weighted by molar-refractivity contribution is 0.0868. The molecule has 0 aromatic heterocycles. The van der Waals surface area contributed by atoms with E-state index in [2.05, 4.69) is 0 Å². The smallest absolute Gasteiger partial charge is 0.297 e. The molecule has 1 aromatic carbocycles. The van der Waals surface area contributed by atoms with E-state index in [9.17, 15) is 9.36 Å². The van der Waals surface area contributed by atoms with Gasteiger partial charge in [-0.05, 0) is 12.1 Å². The minimum atomic E-state index is -3.25. The Kier molecular flexibility index (Phi) is 5.20. The fourth-order valence-corrected chi connectivity index (χ4v) is 5.84. The predicted octanol–water partition coefficient (Wildman–Crippen LogP) is 3.10. The second kappa shape index (κ2) is 6.57. The van der Waals surface area contributed by atoms with Crippen LogP contribution in [0.4, 0.5) is 5.69 Å². The first-order valence-electron chi connectivity index (χ1n) is 6.57. The summed E-state index contributed by atoms with van der Waals surface area (Å²) >= 11 is 11.6. The van der Waals surface area contributed by atoms with Crippen molar-refractivity contribution >= 4 is 42.4 Å². The van der Waals surface area contributed by atoms with Crippen molar-refractivity contribution in [1.82, 2.24) is 9.34 Å². The molecule has 21 heavy (non-hydrogen) atoms. The molecule has 1 aromatic rings. The molecule has 5 nitrogen and oxygen atoms in total. The Morgan fingerprint density at radius 3 is 2.24 bits per heavy atom. The summed E-state index contributed by atoms with van der Waals surface area (Å²) in [5.41, 5.74) is 1.21. The van der Waals surface area contributed by atoms with Crippen LogP contribution in [0.3, 0.4) is 0 Å². The molecule has 1 atom stereocenters. The topological polar surface area (TPSA) is 43.9 Å². The Morgan fingerprint density at radius 1 is 1.10 bits per heavy atom. The van der Waals surface area contributed by atoms with Gasteiger partial charge in [0.2, 0.25) is 0 Å². The molecular formula is C13H18Cl2N3O2P. The zero-order valence-electron chi connectivity index (χ0n) is 12.0. The van der Waals surface area contributed by atoms with Gasteiger partial charge in [0.15, 0.2) is 0 Å². The van der Waals surface area contributed by atoms with Crippen LogP contribution in [0.5, 0.6) is 0 Å². The third kappa shape index (κ3) is 2.68. The number of carbonyl (C=O) groups excluding carboxylic acids is 1. The van der Waals surface area contributed by atoms with Crippen LogP contribution in [0.1, 0.15) is 10.4 Å². The number of rotatable bonds is 5. The van der Waals surface area contributed by atoms with Crippen molar-refractivity contribution in [2.45, 2.75) is 0 Å². The maximum atomic E-state index is 13.6. The summed E-state index contributed by atoms with van der Waals surface area (Å²) in [5, 5.41) is 0. The van der Waals surface area contributed by atoms with Gasteiger partial charge in [-0.1, -0.05) is 12.1 Å². The molecule has 1 heterocycles. The van der Waals surface area contributed by atoms with E-state index in [0.717, 1.165) is 0 Å². The van der Waals surface area contributed by atoms with Gasteiger partial charge in [-0.15, -0.1) is 23.2 Å².